The third-order valence-corrected chi connectivity index (χ3v) is 6.35. The number of thioether (sulfide) groups is 1. The van der Waals surface area contributed by atoms with Crippen molar-refractivity contribution in [2.24, 2.45) is 0 Å². The van der Waals surface area contributed by atoms with E-state index >= 15 is 0 Å². The van der Waals surface area contributed by atoms with Crippen LogP contribution in [-0.2, 0) is 4.79 Å². The summed E-state index contributed by atoms with van der Waals surface area (Å²) in [5, 5.41) is 3.99. The molecule has 148 valence electrons. The number of nitrogens with one attached hydrogen (secondary N) is 1. The molecule has 4 rings (SSSR count). The Morgan fingerprint density at radius 1 is 1.04 bits per heavy atom. The van der Waals surface area contributed by atoms with Crippen LogP contribution in [0.4, 0.5) is 11.5 Å². The topological polar surface area (TPSA) is 61.4 Å². The Morgan fingerprint density at radius 3 is 2.50 bits per heavy atom. The fraction of sp³-hybridized carbons (Fsp3) is 0.476. The Morgan fingerprint density at radius 2 is 1.75 bits per heavy atom. The van der Waals surface area contributed by atoms with Crippen LogP contribution in [-0.4, -0.2) is 53.8 Å². The molecule has 1 amide bonds. The van der Waals surface area contributed by atoms with Gasteiger partial charge in [-0.15, -0.1) is 0 Å². The molecule has 1 aromatic carbocycles. The number of amides is 1. The number of rotatable bonds is 6. The van der Waals surface area contributed by atoms with E-state index in [1.54, 1.807) is 6.33 Å². The fourth-order valence-electron chi connectivity index (χ4n) is 3.89. The molecular weight excluding hydrogens is 370 g/mol. The van der Waals surface area contributed by atoms with Gasteiger partial charge in [-0.05, 0) is 25.0 Å². The number of carbonyl (C=O) groups is 1. The molecule has 7 heteroatoms. The molecule has 2 aliphatic rings. The van der Waals surface area contributed by atoms with Crippen molar-refractivity contribution in [1.29, 1.82) is 0 Å². The number of benzene rings is 1. The van der Waals surface area contributed by atoms with Gasteiger partial charge in [0.2, 0.25) is 5.91 Å². The van der Waals surface area contributed by atoms with Gasteiger partial charge in [-0.3, -0.25) is 4.79 Å². The Bertz CT molecular complexity index is 773. The zero-order valence-electron chi connectivity index (χ0n) is 16.1. The van der Waals surface area contributed by atoms with Crippen LogP contribution in [0.15, 0.2) is 47.8 Å². The second kappa shape index (κ2) is 9.28. The fourth-order valence-corrected chi connectivity index (χ4v) is 4.57. The van der Waals surface area contributed by atoms with Crippen molar-refractivity contribution < 1.29 is 4.79 Å². The summed E-state index contributed by atoms with van der Waals surface area (Å²) in [6.07, 6.45) is 6.29. The molecule has 6 nitrogen and oxygen atoms in total. The van der Waals surface area contributed by atoms with Crippen LogP contribution in [0, 0.1) is 0 Å². The van der Waals surface area contributed by atoms with E-state index in [1.165, 1.54) is 30.3 Å². The smallest absolute Gasteiger partial charge is 0.230 e. The Balaban J connectivity index is 1.28. The van der Waals surface area contributed by atoms with Crippen LogP contribution in [0.5, 0.6) is 0 Å². The Kier molecular flexibility index (Phi) is 6.31. The van der Waals surface area contributed by atoms with Gasteiger partial charge in [0, 0.05) is 44.0 Å². The van der Waals surface area contributed by atoms with E-state index in [2.05, 4.69) is 49.4 Å². The van der Waals surface area contributed by atoms with Gasteiger partial charge in [-0.2, -0.15) is 0 Å². The molecule has 2 fully saturated rings. The van der Waals surface area contributed by atoms with E-state index in [0.717, 1.165) is 49.9 Å². The molecule has 1 aliphatic carbocycles. The molecule has 2 heterocycles. The Labute approximate surface area is 170 Å². The summed E-state index contributed by atoms with van der Waals surface area (Å²) in [7, 11) is 0. The molecule has 0 unspecified atom stereocenters. The highest BCUT2D eigenvalue weighted by Crippen LogP contribution is 2.23. The predicted molar refractivity (Wildman–Crippen MR) is 114 cm³/mol. The maximum absolute atomic E-state index is 12.1. The number of aromatic nitrogens is 2. The van der Waals surface area contributed by atoms with Crippen molar-refractivity contribution in [1.82, 2.24) is 15.3 Å². The number of carbonyl (C=O) groups excluding carboxylic acids is 1. The highest BCUT2D eigenvalue weighted by atomic mass is 32.2. The van der Waals surface area contributed by atoms with Crippen LogP contribution in [0.1, 0.15) is 25.7 Å². The van der Waals surface area contributed by atoms with Crippen molar-refractivity contribution in [3.63, 3.8) is 0 Å². The highest BCUT2D eigenvalue weighted by molar-refractivity contribution is 7.99. The summed E-state index contributed by atoms with van der Waals surface area (Å²) in [5.41, 5.74) is 1.27. The van der Waals surface area contributed by atoms with E-state index in [9.17, 15) is 4.79 Å². The molecule has 1 aromatic heterocycles. The molecule has 2 aromatic rings. The summed E-state index contributed by atoms with van der Waals surface area (Å²) >= 11 is 1.49. The van der Waals surface area contributed by atoms with Crippen molar-refractivity contribution in [3.05, 3.63) is 42.7 Å². The average molecular weight is 398 g/mol. The lowest BCUT2D eigenvalue weighted by Crippen LogP contribution is -2.46. The monoisotopic (exact) mass is 397 g/mol. The Hall–Kier alpha value is -2.28. The standard InChI is InChI=1S/C21H27N5OS/c27-20(24-17-6-4-5-7-17)15-28-21-14-19(22-16-23-21)26-12-10-25(11-13-26)18-8-2-1-3-9-18/h1-3,8-9,14,16-17H,4-7,10-13,15H2,(H,24,27). The molecule has 0 spiro atoms. The molecule has 1 N–H and O–H groups in total. The third kappa shape index (κ3) is 4.95. The lowest BCUT2D eigenvalue weighted by atomic mass is 10.2. The van der Waals surface area contributed by atoms with Gasteiger partial charge in [-0.1, -0.05) is 42.8 Å². The first-order valence-electron chi connectivity index (χ1n) is 10.1. The second-order valence-electron chi connectivity index (χ2n) is 7.36. The summed E-state index contributed by atoms with van der Waals surface area (Å²) in [4.78, 5) is 25.6. The lowest BCUT2D eigenvalue weighted by Gasteiger charge is -2.36. The quantitative estimate of drug-likeness (QED) is 0.597. The summed E-state index contributed by atoms with van der Waals surface area (Å²) < 4.78 is 0. The van der Waals surface area contributed by atoms with Gasteiger partial charge in [0.15, 0.2) is 0 Å². The van der Waals surface area contributed by atoms with Crippen LogP contribution < -0.4 is 15.1 Å². The molecule has 1 saturated heterocycles. The maximum atomic E-state index is 12.1. The van der Waals surface area contributed by atoms with Gasteiger partial charge in [0.05, 0.1) is 5.75 Å². The number of piperazine rings is 1. The molecule has 0 bridgehead atoms. The van der Waals surface area contributed by atoms with E-state index in [-0.39, 0.29) is 5.91 Å². The minimum Gasteiger partial charge on any atom is -0.368 e. The zero-order chi connectivity index (χ0) is 19.2. The lowest BCUT2D eigenvalue weighted by molar-refractivity contribution is -0.119. The van der Waals surface area contributed by atoms with Crippen LogP contribution in [0.25, 0.3) is 0 Å². The molecule has 0 radical (unpaired) electrons. The summed E-state index contributed by atoms with van der Waals surface area (Å²) in [6.45, 7) is 3.80. The van der Waals surface area contributed by atoms with Gasteiger partial charge >= 0.3 is 0 Å². The minimum absolute atomic E-state index is 0.105. The van der Waals surface area contributed by atoms with Crippen molar-refractivity contribution in [2.75, 3.05) is 41.7 Å². The van der Waals surface area contributed by atoms with E-state index in [0.29, 0.717) is 11.8 Å². The zero-order valence-corrected chi connectivity index (χ0v) is 16.9. The number of anilines is 2. The average Bonchev–Trinajstić information content (AvgIpc) is 3.26. The molecule has 0 atom stereocenters. The first-order valence-corrected chi connectivity index (χ1v) is 11.1. The van der Waals surface area contributed by atoms with Gasteiger partial charge in [0.25, 0.3) is 0 Å². The molecule has 28 heavy (non-hydrogen) atoms. The largest absolute Gasteiger partial charge is 0.368 e. The van der Waals surface area contributed by atoms with Crippen molar-refractivity contribution in [3.8, 4) is 0 Å². The van der Waals surface area contributed by atoms with Crippen molar-refractivity contribution >= 4 is 29.2 Å². The molecule has 1 saturated carbocycles. The number of hydrogen-bond acceptors (Lipinski definition) is 6. The number of nitrogens with zero attached hydrogens (tertiary/aromatic N) is 4. The molecule has 1 aliphatic heterocycles. The number of hydrogen-bond donors (Lipinski definition) is 1. The van der Waals surface area contributed by atoms with E-state index in [4.69, 9.17) is 0 Å². The van der Waals surface area contributed by atoms with E-state index in [1.807, 2.05) is 12.1 Å². The van der Waals surface area contributed by atoms with Crippen LogP contribution in [0.2, 0.25) is 0 Å². The van der Waals surface area contributed by atoms with E-state index < -0.39 is 0 Å². The second-order valence-corrected chi connectivity index (χ2v) is 8.36. The summed E-state index contributed by atoms with van der Waals surface area (Å²) in [6, 6.07) is 12.9. The van der Waals surface area contributed by atoms with Gasteiger partial charge in [0.1, 0.15) is 17.2 Å². The SMILES string of the molecule is O=C(CSc1cc(N2CCN(c3ccccc3)CC2)ncn1)NC1CCCC1. The maximum Gasteiger partial charge on any atom is 0.230 e. The van der Waals surface area contributed by atoms with Gasteiger partial charge in [-0.25, -0.2) is 9.97 Å². The first kappa shape index (κ1) is 19.1. The van der Waals surface area contributed by atoms with Crippen molar-refractivity contribution in [2.45, 2.75) is 36.8 Å². The van der Waals surface area contributed by atoms with Crippen LogP contribution >= 0.6 is 11.8 Å². The van der Waals surface area contributed by atoms with Gasteiger partial charge < -0.3 is 15.1 Å². The molecular formula is C21H27N5OS. The third-order valence-electron chi connectivity index (χ3n) is 5.42. The number of para-hydroxylation sites is 1. The summed E-state index contributed by atoms with van der Waals surface area (Å²) in [5.74, 6) is 1.46. The highest BCUT2D eigenvalue weighted by Gasteiger charge is 2.20. The predicted octanol–water partition coefficient (Wildman–Crippen LogP) is 2.95. The van der Waals surface area contributed by atoms with Crippen LogP contribution in [0.3, 0.4) is 0 Å². The first-order chi connectivity index (χ1) is 13.8. The normalized spacial score (nSPS) is 17.7. The minimum atomic E-state index is 0.105.